The summed E-state index contributed by atoms with van der Waals surface area (Å²) in [5.74, 6) is 0.882. The molecule has 0 N–H and O–H groups in total. The Hall–Kier alpha value is -2.56. The summed E-state index contributed by atoms with van der Waals surface area (Å²) in [6.45, 7) is 2.91. The first-order valence-electron chi connectivity index (χ1n) is 8.29. The number of likely N-dealkylation sites (N-methyl/N-ethyl adjacent to an activating group) is 1. The van der Waals surface area contributed by atoms with E-state index in [9.17, 15) is 4.79 Å². The van der Waals surface area contributed by atoms with E-state index in [0.717, 1.165) is 54.1 Å². The molecule has 0 unspecified atom stereocenters. The van der Waals surface area contributed by atoms with Crippen molar-refractivity contribution in [3.63, 3.8) is 0 Å². The van der Waals surface area contributed by atoms with Crippen molar-refractivity contribution in [2.75, 3.05) is 20.7 Å². The maximum absolute atomic E-state index is 12.2. The number of aromatic nitrogens is 2. The fourth-order valence-corrected chi connectivity index (χ4v) is 2.97. The second kappa shape index (κ2) is 6.91. The lowest BCUT2D eigenvalue weighted by Gasteiger charge is -2.24. The van der Waals surface area contributed by atoms with Crippen LogP contribution in [0.2, 0.25) is 0 Å². The first-order valence-corrected chi connectivity index (χ1v) is 8.29. The summed E-state index contributed by atoms with van der Waals surface area (Å²) in [7, 11) is 3.51. The Kier molecular flexibility index (Phi) is 4.69. The molecule has 0 spiro atoms. The first-order chi connectivity index (χ1) is 11.6. The van der Waals surface area contributed by atoms with Gasteiger partial charge in [0.05, 0.1) is 24.8 Å². The maximum Gasteiger partial charge on any atom is 0.249 e. The Bertz CT molecular complexity index is 777. The third-order valence-corrected chi connectivity index (χ3v) is 4.38. The van der Waals surface area contributed by atoms with E-state index < -0.39 is 0 Å². The molecule has 1 aliphatic rings. The van der Waals surface area contributed by atoms with Crippen LogP contribution in [0.25, 0.3) is 11.8 Å². The molecule has 24 heavy (non-hydrogen) atoms. The van der Waals surface area contributed by atoms with Gasteiger partial charge in [-0.25, -0.2) is 4.98 Å². The number of amides is 1. The van der Waals surface area contributed by atoms with Gasteiger partial charge in [0, 0.05) is 25.4 Å². The van der Waals surface area contributed by atoms with E-state index in [1.165, 1.54) is 0 Å². The van der Waals surface area contributed by atoms with E-state index in [2.05, 4.69) is 11.9 Å². The molecular formula is C19H23N3O2. The quantitative estimate of drug-likeness (QED) is 0.812. The molecule has 1 amide bonds. The molecule has 5 nitrogen and oxygen atoms in total. The van der Waals surface area contributed by atoms with Crippen molar-refractivity contribution in [1.29, 1.82) is 0 Å². The monoisotopic (exact) mass is 325 g/mol. The third kappa shape index (κ3) is 3.20. The molecule has 1 aliphatic heterocycles. The van der Waals surface area contributed by atoms with Gasteiger partial charge in [0.25, 0.3) is 0 Å². The van der Waals surface area contributed by atoms with Crippen LogP contribution < -0.4 is 4.74 Å². The molecule has 2 aromatic rings. The van der Waals surface area contributed by atoms with E-state index in [1.54, 1.807) is 18.3 Å². The van der Waals surface area contributed by atoms with Crippen molar-refractivity contribution in [3.8, 4) is 11.4 Å². The molecule has 0 aliphatic carbocycles. The van der Waals surface area contributed by atoms with Crippen molar-refractivity contribution in [2.45, 2.75) is 26.2 Å². The number of methoxy groups -OCH3 is 1. The van der Waals surface area contributed by atoms with Crippen LogP contribution >= 0.6 is 0 Å². The number of carbonyl (C=O) groups is 1. The van der Waals surface area contributed by atoms with Gasteiger partial charge in [-0.2, -0.15) is 0 Å². The zero-order valence-electron chi connectivity index (χ0n) is 14.5. The molecule has 0 bridgehead atoms. The van der Waals surface area contributed by atoms with Gasteiger partial charge in [-0.1, -0.05) is 13.0 Å². The second-order valence-corrected chi connectivity index (χ2v) is 6.06. The Morgan fingerprint density at radius 1 is 1.38 bits per heavy atom. The Morgan fingerprint density at radius 2 is 2.21 bits per heavy atom. The summed E-state index contributed by atoms with van der Waals surface area (Å²) in [5.41, 5.74) is 3.82. The number of aryl methyl sites for hydroxylation is 1. The van der Waals surface area contributed by atoms with Gasteiger partial charge in [-0.3, -0.25) is 4.79 Å². The zero-order valence-corrected chi connectivity index (χ0v) is 14.5. The number of hydrogen-bond donors (Lipinski definition) is 0. The molecule has 2 heterocycles. The molecule has 1 saturated heterocycles. The molecule has 126 valence electrons. The Morgan fingerprint density at radius 3 is 2.92 bits per heavy atom. The summed E-state index contributed by atoms with van der Waals surface area (Å²) in [6, 6.07) is 5.98. The van der Waals surface area contributed by atoms with Crippen LogP contribution in [0.1, 0.15) is 31.0 Å². The van der Waals surface area contributed by atoms with Crippen molar-refractivity contribution in [1.82, 2.24) is 14.5 Å². The highest BCUT2D eigenvalue weighted by atomic mass is 16.5. The average Bonchev–Trinajstić information content (AvgIpc) is 3.08. The first kappa shape index (κ1) is 16.3. The lowest BCUT2D eigenvalue weighted by Crippen LogP contribution is -2.33. The van der Waals surface area contributed by atoms with Crippen molar-refractivity contribution < 1.29 is 9.53 Å². The second-order valence-electron chi connectivity index (χ2n) is 6.06. The highest BCUT2D eigenvalue weighted by Gasteiger charge is 2.19. The van der Waals surface area contributed by atoms with Crippen LogP contribution in [0.15, 0.2) is 36.3 Å². The fourth-order valence-electron chi connectivity index (χ4n) is 2.97. The van der Waals surface area contributed by atoms with E-state index in [1.807, 2.05) is 42.1 Å². The average molecular weight is 325 g/mol. The van der Waals surface area contributed by atoms with Crippen LogP contribution in [-0.2, 0) is 11.2 Å². The predicted molar refractivity (Wildman–Crippen MR) is 94.3 cm³/mol. The largest absolute Gasteiger partial charge is 0.495 e. The maximum atomic E-state index is 12.2. The van der Waals surface area contributed by atoms with Gasteiger partial charge in [0.2, 0.25) is 5.91 Å². The highest BCUT2D eigenvalue weighted by Crippen LogP contribution is 2.27. The fraction of sp³-hybridized carbons (Fsp3) is 0.368. The summed E-state index contributed by atoms with van der Waals surface area (Å²) in [4.78, 5) is 18.4. The topological polar surface area (TPSA) is 47.4 Å². The van der Waals surface area contributed by atoms with E-state index in [4.69, 9.17) is 4.74 Å². The number of nitrogens with zero attached hydrogens (tertiary/aromatic N) is 3. The van der Waals surface area contributed by atoms with Crippen molar-refractivity contribution in [3.05, 3.63) is 47.6 Å². The van der Waals surface area contributed by atoms with Gasteiger partial charge in [-0.15, -0.1) is 0 Å². The van der Waals surface area contributed by atoms with Crippen LogP contribution in [0, 0.1) is 0 Å². The minimum atomic E-state index is 0.117. The van der Waals surface area contributed by atoms with Crippen molar-refractivity contribution in [2.24, 2.45) is 0 Å². The summed E-state index contributed by atoms with van der Waals surface area (Å²) in [5, 5.41) is 0. The molecule has 5 heteroatoms. The molecule has 1 aromatic heterocycles. The van der Waals surface area contributed by atoms with Gasteiger partial charge in [-0.05, 0) is 43.0 Å². The van der Waals surface area contributed by atoms with Gasteiger partial charge in [0.15, 0.2) is 0 Å². The molecule has 1 fully saturated rings. The summed E-state index contributed by atoms with van der Waals surface area (Å²) < 4.78 is 7.51. The smallest absolute Gasteiger partial charge is 0.249 e. The lowest BCUT2D eigenvalue weighted by atomic mass is 10.0. The summed E-state index contributed by atoms with van der Waals surface area (Å²) >= 11 is 0. The molecular weight excluding hydrogens is 302 g/mol. The van der Waals surface area contributed by atoms with E-state index in [0.29, 0.717) is 0 Å². The van der Waals surface area contributed by atoms with Crippen LogP contribution in [-0.4, -0.2) is 41.1 Å². The Balaban J connectivity index is 1.93. The SMILES string of the molecule is CCc1cn(-c2ccc(/C=C3\CCCN(C)C3=O)cc2OC)cn1. The molecule has 0 radical (unpaired) electrons. The third-order valence-electron chi connectivity index (χ3n) is 4.38. The number of imidazole rings is 1. The highest BCUT2D eigenvalue weighted by molar-refractivity contribution is 5.98. The van der Waals surface area contributed by atoms with Gasteiger partial charge in [0.1, 0.15) is 5.75 Å². The minimum absolute atomic E-state index is 0.117. The molecule has 0 atom stereocenters. The van der Waals surface area contributed by atoms with Gasteiger partial charge >= 0.3 is 0 Å². The van der Waals surface area contributed by atoms with Crippen LogP contribution in [0.5, 0.6) is 5.75 Å². The van der Waals surface area contributed by atoms with Crippen LogP contribution in [0.4, 0.5) is 0 Å². The van der Waals surface area contributed by atoms with Crippen LogP contribution in [0.3, 0.4) is 0 Å². The number of ether oxygens (including phenoxy) is 1. The normalized spacial score (nSPS) is 16.7. The lowest BCUT2D eigenvalue weighted by molar-refractivity contribution is -0.127. The number of hydrogen-bond acceptors (Lipinski definition) is 3. The standard InChI is InChI=1S/C19H23N3O2/c1-4-16-12-22(13-20-16)17-8-7-14(11-18(17)24-3)10-15-6-5-9-21(2)19(15)23/h7-8,10-13H,4-6,9H2,1-3H3/b15-10+. The van der Waals surface area contributed by atoms with E-state index >= 15 is 0 Å². The predicted octanol–water partition coefficient (Wildman–Crippen LogP) is 3.08. The summed E-state index contributed by atoms with van der Waals surface area (Å²) in [6.07, 6.45) is 8.52. The van der Waals surface area contributed by atoms with Crippen molar-refractivity contribution >= 4 is 12.0 Å². The number of likely N-dealkylation sites (tertiary alicyclic amines) is 1. The molecule has 1 aromatic carbocycles. The zero-order chi connectivity index (χ0) is 17.1. The number of benzene rings is 1. The van der Waals surface area contributed by atoms with E-state index in [-0.39, 0.29) is 5.91 Å². The Labute approximate surface area is 142 Å². The molecule has 0 saturated carbocycles. The van der Waals surface area contributed by atoms with Gasteiger partial charge < -0.3 is 14.2 Å². The minimum Gasteiger partial charge on any atom is -0.495 e. The number of piperidine rings is 1. The molecule has 3 rings (SSSR count). The number of rotatable bonds is 4. The number of carbonyl (C=O) groups excluding carboxylic acids is 1.